The molecule has 0 spiro atoms. The fourth-order valence-electron chi connectivity index (χ4n) is 3.47. The van der Waals surface area contributed by atoms with E-state index in [1.807, 2.05) is 50.2 Å². The van der Waals surface area contributed by atoms with Gasteiger partial charge in [0.1, 0.15) is 5.75 Å². The van der Waals surface area contributed by atoms with Gasteiger partial charge < -0.3 is 10.1 Å². The van der Waals surface area contributed by atoms with Crippen molar-refractivity contribution in [3.8, 4) is 5.75 Å². The first kappa shape index (κ1) is 21.0. The number of carbonyl (C=O) groups excluding carboxylic acids is 1. The number of halogens is 2. The summed E-state index contributed by atoms with van der Waals surface area (Å²) in [4.78, 5) is 15.1. The third-order valence-electron chi connectivity index (χ3n) is 4.76. The minimum atomic E-state index is -0.0468. The summed E-state index contributed by atoms with van der Waals surface area (Å²) >= 11 is 12.3. The molecule has 2 aromatic carbocycles. The first-order valence-corrected chi connectivity index (χ1v) is 10.4. The SMILES string of the molecule is CC(C)Oc1cccc(NC(=O)C2CCCN(Cc3ccc(Cl)cc3Cl)C2)c1. The van der Waals surface area contributed by atoms with Crippen LogP contribution in [0.15, 0.2) is 42.5 Å². The smallest absolute Gasteiger partial charge is 0.228 e. The second-order valence-corrected chi connectivity index (χ2v) is 8.34. The molecule has 1 amide bonds. The van der Waals surface area contributed by atoms with Crippen LogP contribution in [0.1, 0.15) is 32.3 Å². The molecule has 1 N–H and O–H groups in total. The van der Waals surface area contributed by atoms with Gasteiger partial charge in [-0.25, -0.2) is 0 Å². The second-order valence-electron chi connectivity index (χ2n) is 7.49. The lowest BCUT2D eigenvalue weighted by Gasteiger charge is -2.32. The second kappa shape index (κ2) is 9.64. The summed E-state index contributed by atoms with van der Waals surface area (Å²) in [6, 6.07) is 13.1. The Hall–Kier alpha value is -1.75. The molecule has 0 radical (unpaired) electrons. The average molecular weight is 421 g/mol. The predicted octanol–water partition coefficient (Wildman–Crippen LogP) is 5.63. The number of nitrogens with zero attached hydrogens (tertiary/aromatic N) is 1. The van der Waals surface area contributed by atoms with Gasteiger partial charge in [0.25, 0.3) is 0 Å². The van der Waals surface area contributed by atoms with E-state index >= 15 is 0 Å². The molecule has 6 heteroatoms. The van der Waals surface area contributed by atoms with E-state index in [1.54, 1.807) is 6.07 Å². The van der Waals surface area contributed by atoms with Crippen molar-refractivity contribution in [1.29, 1.82) is 0 Å². The number of carbonyl (C=O) groups is 1. The van der Waals surface area contributed by atoms with E-state index in [-0.39, 0.29) is 17.9 Å². The highest BCUT2D eigenvalue weighted by molar-refractivity contribution is 6.35. The quantitative estimate of drug-likeness (QED) is 0.657. The largest absolute Gasteiger partial charge is 0.491 e. The summed E-state index contributed by atoms with van der Waals surface area (Å²) < 4.78 is 5.70. The molecule has 150 valence electrons. The summed E-state index contributed by atoms with van der Waals surface area (Å²) in [5, 5.41) is 4.34. The molecule has 0 aliphatic carbocycles. The Morgan fingerprint density at radius 2 is 2.07 bits per heavy atom. The number of amides is 1. The van der Waals surface area contributed by atoms with Gasteiger partial charge in [-0.15, -0.1) is 0 Å². The topological polar surface area (TPSA) is 41.6 Å². The lowest BCUT2D eigenvalue weighted by Crippen LogP contribution is -2.40. The number of nitrogens with one attached hydrogen (secondary N) is 1. The molecule has 1 aliphatic heterocycles. The molecule has 1 atom stereocenters. The van der Waals surface area contributed by atoms with Crippen molar-refractivity contribution in [1.82, 2.24) is 4.90 Å². The molecule has 1 aliphatic rings. The zero-order valence-corrected chi connectivity index (χ0v) is 17.8. The maximum absolute atomic E-state index is 12.8. The van der Waals surface area contributed by atoms with Gasteiger partial charge in [0.05, 0.1) is 12.0 Å². The molecule has 1 fully saturated rings. The molecular formula is C22H26Cl2N2O2. The van der Waals surface area contributed by atoms with E-state index in [0.717, 1.165) is 42.9 Å². The lowest BCUT2D eigenvalue weighted by atomic mass is 9.96. The Kier molecular flexibility index (Phi) is 7.22. The van der Waals surface area contributed by atoms with Gasteiger partial charge in [-0.1, -0.05) is 35.3 Å². The third-order valence-corrected chi connectivity index (χ3v) is 5.35. The average Bonchev–Trinajstić information content (AvgIpc) is 2.64. The van der Waals surface area contributed by atoms with Crippen LogP contribution in [-0.4, -0.2) is 30.0 Å². The van der Waals surface area contributed by atoms with Gasteiger partial charge >= 0.3 is 0 Å². The normalized spacial score (nSPS) is 17.5. The number of ether oxygens (including phenoxy) is 1. The number of hydrogen-bond donors (Lipinski definition) is 1. The van der Waals surface area contributed by atoms with Gasteiger partial charge in [0.15, 0.2) is 0 Å². The van der Waals surface area contributed by atoms with Crippen molar-refractivity contribution >= 4 is 34.8 Å². The van der Waals surface area contributed by atoms with E-state index < -0.39 is 0 Å². The van der Waals surface area contributed by atoms with E-state index in [4.69, 9.17) is 27.9 Å². The van der Waals surface area contributed by atoms with E-state index in [9.17, 15) is 4.79 Å². The van der Waals surface area contributed by atoms with Gasteiger partial charge in [-0.3, -0.25) is 9.69 Å². The molecule has 1 saturated heterocycles. The van der Waals surface area contributed by atoms with Crippen LogP contribution in [0.3, 0.4) is 0 Å². The fraction of sp³-hybridized carbons (Fsp3) is 0.409. The standard InChI is InChI=1S/C22H26Cl2N2O2/c1-15(2)28-20-7-3-6-19(12-20)25-22(27)17-5-4-10-26(14-17)13-16-8-9-18(23)11-21(16)24/h3,6-9,11-12,15,17H,4-5,10,13-14H2,1-2H3,(H,25,27). The van der Waals surface area contributed by atoms with Crippen molar-refractivity contribution in [3.05, 3.63) is 58.1 Å². The first-order chi connectivity index (χ1) is 13.4. The van der Waals surface area contributed by atoms with E-state index in [1.165, 1.54) is 0 Å². The molecule has 1 unspecified atom stereocenters. The van der Waals surface area contributed by atoms with Crippen molar-refractivity contribution in [2.45, 2.75) is 39.3 Å². The number of piperidine rings is 1. The van der Waals surface area contributed by atoms with Crippen LogP contribution >= 0.6 is 23.2 Å². The van der Waals surface area contributed by atoms with Crippen molar-refractivity contribution in [2.24, 2.45) is 5.92 Å². The van der Waals surface area contributed by atoms with Crippen LogP contribution in [0.2, 0.25) is 10.0 Å². The Bertz CT molecular complexity index is 826. The monoisotopic (exact) mass is 420 g/mol. The number of benzene rings is 2. The molecule has 3 rings (SSSR count). The Morgan fingerprint density at radius 3 is 2.82 bits per heavy atom. The minimum Gasteiger partial charge on any atom is -0.491 e. The maximum Gasteiger partial charge on any atom is 0.228 e. The predicted molar refractivity (Wildman–Crippen MR) is 115 cm³/mol. The van der Waals surface area contributed by atoms with Crippen molar-refractivity contribution in [2.75, 3.05) is 18.4 Å². The van der Waals surface area contributed by atoms with Gasteiger partial charge in [-0.05, 0) is 63.1 Å². The zero-order valence-electron chi connectivity index (χ0n) is 16.3. The van der Waals surface area contributed by atoms with E-state index in [0.29, 0.717) is 16.6 Å². The molecule has 28 heavy (non-hydrogen) atoms. The van der Waals surface area contributed by atoms with Crippen LogP contribution in [0, 0.1) is 5.92 Å². The summed E-state index contributed by atoms with van der Waals surface area (Å²) in [5.41, 5.74) is 1.80. The summed E-state index contributed by atoms with van der Waals surface area (Å²) in [7, 11) is 0. The number of rotatable bonds is 6. The van der Waals surface area contributed by atoms with Gasteiger partial charge in [0.2, 0.25) is 5.91 Å². The molecule has 1 heterocycles. The van der Waals surface area contributed by atoms with Gasteiger partial charge in [-0.2, -0.15) is 0 Å². The molecule has 0 aromatic heterocycles. The fourth-order valence-corrected chi connectivity index (χ4v) is 3.94. The van der Waals surface area contributed by atoms with Crippen LogP contribution in [0.25, 0.3) is 0 Å². The van der Waals surface area contributed by atoms with Crippen LogP contribution in [0.4, 0.5) is 5.69 Å². The third kappa shape index (κ3) is 5.87. The number of likely N-dealkylation sites (tertiary alicyclic amines) is 1. The highest BCUT2D eigenvalue weighted by Crippen LogP contribution is 2.26. The summed E-state index contributed by atoms with van der Waals surface area (Å²) in [6.45, 7) is 6.36. The maximum atomic E-state index is 12.8. The Labute approximate surface area is 176 Å². The van der Waals surface area contributed by atoms with Gasteiger partial charge in [0, 0.05) is 34.9 Å². The Balaban J connectivity index is 1.60. The number of hydrogen-bond acceptors (Lipinski definition) is 3. The van der Waals surface area contributed by atoms with Crippen molar-refractivity contribution < 1.29 is 9.53 Å². The van der Waals surface area contributed by atoms with Crippen LogP contribution in [-0.2, 0) is 11.3 Å². The van der Waals surface area contributed by atoms with Crippen LogP contribution in [0.5, 0.6) is 5.75 Å². The molecule has 0 saturated carbocycles. The summed E-state index contributed by atoms with van der Waals surface area (Å²) in [6.07, 6.45) is 1.97. The van der Waals surface area contributed by atoms with Crippen molar-refractivity contribution in [3.63, 3.8) is 0 Å². The highest BCUT2D eigenvalue weighted by Gasteiger charge is 2.26. The Morgan fingerprint density at radius 1 is 1.25 bits per heavy atom. The van der Waals surface area contributed by atoms with E-state index in [2.05, 4.69) is 10.2 Å². The first-order valence-electron chi connectivity index (χ1n) is 9.64. The summed E-state index contributed by atoms with van der Waals surface area (Å²) in [5.74, 6) is 0.763. The minimum absolute atomic E-state index is 0.0468. The van der Waals surface area contributed by atoms with Crippen LogP contribution < -0.4 is 10.1 Å². The molecule has 2 aromatic rings. The zero-order chi connectivity index (χ0) is 20.1. The number of anilines is 1. The molecule has 4 nitrogen and oxygen atoms in total. The molecular weight excluding hydrogens is 395 g/mol. The lowest BCUT2D eigenvalue weighted by molar-refractivity contribution is -0.121. The molecule has 0 bridgehead atoms. The highest BCUT2D eigenvalue weighted by atomic mass is 35.5.